The van der Waals surface area contributed by atoms with Crippen molar-refractivity contribution in [2.24, 2.45) is 0 Å². The number of carbonyl (C=O) groups is 1. The van der Waals surface area contributed by atoms with Crippen molar-refractivity contribution in [2.45, 2.75) is 25.2 Å². The molecule has 1 amide bonds. The number of rotatable bonds is 3. The quantitative estimate of drug-likeness (QED) is 0.597. The number of likely N-dealkylation sites (tertiary alicyclic amines) is 1. The number of likely N-dealkylation sites (N-methyl/N-ethyl adjacent to an activating group) is 1. The Hall–Kier alpha value is -3.26. The Balaban J connectivity index is 1.16. The fourth-order valence-electron chi connectivity index (χ4n) is 5.35. The van der Waals surface area contributed by atoms with Gasteiger partial charge in [0.25, 0.3) is 5.91 Å². The number of fused-ring (bicyclic) bond motifs is 2. The molecule has 2 aromatic heterocycles. The summed E-state index contributed by atoms with van der Waals surface area (Å²) in [5.41, 5.74) is 5.83. The Morgan fingerprint density at radius 1 is 1.00 bits per heavy atom. The van der Waals surface area contributed by atoms with E-state index in [2.05, 4.69) is 32.9 Å². The molecule has 3 aliphatic rings. The van der Waals surface area contributed by atoms with E-state index in [0.717, 1.165) is 97.8 Å². The van der Waals surface area contributed by atoms with Gasteiger partial charge in [0.1, 0.15) is 17.6 Å². The molecule has 8 heteroatoms. The van der Waals surface area contributed by atoms with Gasteiger partial charge in [-0.15, -0.1) is 0 Å². The number of aromatic nitrogens is 3. The number of piperidine rings is 1. The van der Waals surface area contributed by atoms with Gasteiger partial charge in [0.15, 0.2) is 0 Å². The maximum absolute atomic E-state index is 13.1. The molecule has 0 radical (unpaired) electrons. The highest BCUT2D eigenvalue weighted by atomic mass is 16.5. The monoisotopic (exact) mass is 458 g/mol. The first-order valence-electron chi connectivity index (χ1n) is 12.2. The summed E-state index contributed by atoms with van der Waals surface area (Å²) in [4.78, 5) is 33.8. The first kappa shape index (κ1) is 21.3. The second-order valence-corrected chi connectivity index (χ2v) is 9.60. The van der Waals surface area contributed by atoms with Crippen LogP contribution in [0.5, 0.6) is 5.75 Å². The molecule has 1 aromatic carbocycles. The average Bonchev–Trinajstić information content (AvgIpc) is 3.36. The third kappa shape index (κ3) is 3.96. The van der Waals surface area contributed by atoms with Crippen molar-refractivity contribution in [1.82, 2.24) is 24.8 Å². The van der Waals surface area contributed by atoms with Gasteiger partial charge in [0.2, 0.25) is 0 Å². The van der Waals surface area contributed by atoms with Gasteiger partial charge in [-0.2, -0.15) is 0 Å². The number of carbonyl (C=O) groups excluding carboxylic acids is 1. The predicted molar refractivity (Wildman–Crippen MR) is 131 cm³/mol. The number of anilines is 1. The molecule has 5 heterocycles. The van der Waals surface area contributed by atoms with E-state index in [-0.39, 0.29) is 11.8 Å². The summed E-state index contributed by atoms with van der Waals surface area (Å²) in [6, 6.07) is 7.96. The van der Waals surface area contributed by atoms with Gasteiger partial charge < -0.3 is 19.4 Å². The molecule has 2 saturated heterocycles. The third-order valence-electron chi connectivity index (χ3n) is 7.46. The van der Waals surface area contributed by atoms with E-state index in [1.807, 2.05) is 29.3 Å². The Morgan fingerprint density at radius 3 is 2.65 bits per heavy atom. The lowest BCUT2D eigenvalue weighted by atomic mass is 9.92. The summed E-state index contributed by atoms with van der Waals surface area (Å²) in [6.45, 7) is 6.28. The first-order valence-corrected chi connectivity index (χ1v) is 12.2. The van der Waals surface area contributed by atoms with Gasteiger partial charge in [-0.05, 0) is 49.7 Å². The van der Waals surface area contributed by atoms with Crippen LogP contribution >= 0.6 is 0 Å². The topological polar surface area (TPSA) is 74.7 Å². The fraction of sp³-hybridized carbons (Fsp3) is 0.462. The minimum Gasteiger partial charge on any atom is -0.493 e. The number of ether oxygens (including phenoxy) is 1. The summed E-state index contributed by atoms with van der Waals surface area (Å²) in [5.74, 6) is 1.30. The van der Waals surface area contributed by atoms with E-state index in [4.69, 9.17) is 9.72 Å². The van der Waals surface area contributed by atoms with Crippen molar-refractivity contribution < 1.29 is 9.53 Å². The zero-order valence-corrected chi connectivity index (χ0v) is 19.6. The maximum Gasteiger partial charge on any atom is 0.253 e. The van der Waals surface area contributed by atoms with Crippen molar-refractivity contribution >= 4 is 22.6 Å². The van der Waals surface area contributed by atoms with Crippen LogP contribution in [0.4, 0.5) is 5.69 Å². The average molecular weight is 459 g/mol. The number of hydrogen-bond donors (Lipinski definition) is 0. The van der Waals surface area contributed by atoms with Crippen molar-refractivity contribution in [3.05, 3.63) is 53.6 Å². The molecule has 0 N–H and O–H groups in total. The molecule has 0 spiro atoms. The summed E-state index contributed by atoms with van der Waals surface area (Å²) in [6.07, 6.45) is 6.28. The van der Waals surface area contributed by atoms with Crippen LogP contribution in [0, 0.1) is 0 Å². The minimum atomic E-state index is 0.107. The molecule has 2 fully saturated rings. The number of piperazine rings is 1. The minimum absolute atomic E-state index is 0.107. The lowest BCUT2D eigenvalue weighted by Crippen LogP contribution is -2.44. The highest BCUT2D eigenvalue weighted by Crippen LogP contribution is 2.32. The van der Waals surface area contributed by atoms with Crippen LogP contribution in [-0.4, -0.2) is 83.6 Å². The van der Waals surface area contributed by atoms with E-state index in [1.54, 1.807) is 6.33 Å². The second kappa shape index (κ2) is 8.83. The largest absolute Gasteiger partial charge is 0.493 e. The van der Waals surface area contributed by atoms with Crippen LogP contribution in [0.1, 0.15) is 40.4 Å². The van der Waals surface area contributed by atoms with Crippen molar-refractivity contribution in [3.63, 3.8) is 0 Å². The van der Waals surface area contributed by atoms with E-state index in [9.17, 15) is 4.79 Å². The molecular weight excluding hydrogens is 428 g/mol. The van der Waals surface area contributed by atoms with Gasteiger partial charge in [-0.1, -0.05) is 0 Å². The van der Waals surface area contributed by atoms with Crippen LogP contribution in [-0.2, 0) is 6.42 Å². The SMILES string of the molecule is CN1CCN(c2cnc3c(C4CCN(C(=O)c5ccc6c(c5)CCO6)CC4)ncnc3c2)CC1. The Bertz CT molecular complexity index is 1220. The number of benzene rings is 1. The fourth-order valence-corrected chi connectivity index (χ4v) is 5.35. The Labute approximate surface area is 199 Å². The Morgan fingerprint density at radius 2 is 1.82 bits per heavy atom. The lowest BCUT2D eigenvalue weighted by molar-refractivity contribution is 0.0712. The standard InChI is InChI=1S/C26H30N6O2/c1-30-9-11-31(12-10-30)21-15-22-25(27-16-21)24(29-17-28-22)18-4-7-32(8-5-18)26(33)20-2-3-23-19(14-20)6-13-34-23/h2-3,14-18H,4-13H2,1H3. The van der Waals surface area contributed by atoms with Gasteiger partial charge in [-0.25, -0.2) is 9.97 Å². The molecule has 0 aliphatic carbocycles. The van der Waals surface area contributed by atoms with Crippen molar-refractivity contribution in [1.29, 1.82) is 0 Å². The summed E-state index contributed by atoms with van der Waals surface area (Å²) in [5, 5.41) is 0. The molecule has 3 aliphatic heterocycles. The summed E-state index contributed by atoms with van der Waals surface area (Å²) in [7, 11) is 2.16. The first-order chi connectivity index (χ1) is 16.7. The normalized spacial score (nSPS) is 19.3. The summed E-state index contributed by atoms with van der Waals surface area (Å²) < 4.78 is 5.58. The molecule has 34 heavy (non-hydrogen) atoms. The van der Waals surface area contributed by atoms with Gasteiger partial charge >= 0.3 is 0 Å². The molecule has 176 valence electrons. The number of nitrogens with zero attached hydrogens (tertiary/aromatic N) is 6. The summed E-state index contributed by atoms with van der Waals surface area (Å²) >= 11 is 0. The number of amides is 1. The Kier molecular flexibility index (Phi) is 5.53. The van der Waals surface area contributed by atoms with Crippen molar-refractivity contribution in [3.8, 4) is 5.75 Å². The molecule has 8 nitrogen and oxygen atoms in total. The zero-order valence-electron chi connectivity index (χ0n) is 19.6. The van der Waals surface area contributed by atoms with E-state index < -0.39 is 0 Å². The van der Waals surface area contributed by atoms with E-state index in [1.165, 1.54) is 0 Å². The molecule has 0 unspecified atom stereocenters. The van der Waals surface area contributed by atoms with Gasteiger partial charge in [0, 0.05) is 57.2 Å². The van der Waals surface area contributed by atoms with Crippen LogP contribution in [0.25, 0.3) is 11.0 Å². The zero-order chi connectivity index (χ0) is 23.1. The highest BCUT2D eigenvalue weighted by Gasteiger charge is 2.28. The van der Waals surface area contributed by atoms with Crippen LogP contribution in [0.3, 0.4) is 0 Å². The third-order valence-corrected chi connectivity index (χ3v) is 7.46. The second-order valence-electron chi connectivity index (χ2n) is 9.60. The lowest BCUT2D eigenvalue weighted by Gasteiger charge is -2.34. The van der Waals surface area contributed by atoms with Crippen LogP contribution in [0.15, 0.2) is 36.8 Å². The molecular formula is C26H30N6O2. The number of hydrogen-bond acceptors (Lipinski definition) is 7. The van der Waals surface area contributed by atoms with E-state index in [0.29, 0.717) is 6.61 Å². The van der Waals surface area contributed by atoms with Gasteiger partial charge in [0.05, 0.1) is 29.7 Å². The smallest absolute Gasteiger partial charge is 0.253 e. The predicted octanol–water partition coefficient (Wildman–Crippen LogP) is 2.73. The van der Waals surface area contributed by atoms with E-state index >= 15 is 0 Å². The number of pyridine rings is 1. The molecule has 0 bridgehead atoms. The van der Waals surface area contributed by atoms with Crippen molar-refractivity contribution in [2.75, 3.05) is 57.8 Å². The molecule has 0 saturated carbocycles. The molecule has 6 rings (SSSR count). The maximum atomic E-state index is 13.1. The van der Waals surface area contributed by atoms with Crippen LogP contribution in [0.2, 0.25) is 0 Å². The van der Waals surface area contributed by atoms with Gasteiger partial charge in [-0.3, -0.25) is 9.78 Å². The highest BCUT2D eigenvalue weighted by molar-refractivity contribution is 5.94. The molecule has 0 atom stereocenters. The van der Waals surface area contributed by atoms with Crippen LogP contribution < -0.4 is 9.64 Å². The molecule has 3 aromatic rings.